The summed E-state index contributed by atoms with van der Waals surface area (Å²) in [6.07, 6.45) is 2.51. The first kappa shape index (κ1) is 15.9. The Morgan fingerprint density at radius 2 is 1.89 bits per heavy atom. The largest absolute Gasteiger partial charge is 0.394 e. The highest BCUT2D eigenvalue weighted by Gasteiger charge is 2.45. The lowest BCUT2D eigenvalue weighted by molar-refractivity contribution is 0.0592. The van der Waals surface area contributed by atoms with E-state index in [9.17, 15) is 5.11 Å². The van der Waals surface area contributed by atoms with Gasteiger partial charge < -0.3 is 15.3 Å². The van der Waals surface area contributed by atoms with Crippen molar-refractivity contribution in [1.29, 1.82) is 0 Å². The van der Waals surface area contributed by atoms with Crippen LogP contribution in [0.5, 0.6) is 0 Å². The van der Waals surface area contributed by atoms with Crippen molar-refractivity contribution in [3.63, 3.8) is 0 Å². The summed E-state index contributed by atoms with van der Waals surface area (Å²) in [5, 5.41) is 13.4. The lowest BCUT2D eigenvalue weighted by Crippen LogP contribution is -2.59. The molecule has 1 aliphatic rings. The van der Waals surface area contributed by atoms with E-state index in [-0.39, 0.29) is 17.6 Å². The maximum atomic E-state index is 9.86. The van der Waals surface area contributed by atoms with Gasteiger partial charge in [-0.3, -0.25) is 0 Å². The number of rotatable bonds is 7. The van der Waals surface area contributed by atoms with Crippen LogP contribution in [0.25, 0.3) is 0 Å². The molecule has 108 valence electrons. The molecule has 1 fully saturated rings. The molecule has 0 aromatic carbocycles. The maximum absolute atomic E-state index is 9.86. The maximum Gasteiger partial charge on any atom is 0.0628 e. The molecular formula is C15H32N2O. The molecule has 3 heteroatoms. The molecule has 0 heterocycles. The van der Waals surface area contributed by atoms with E-state index in [0.717, 1.165) is 13.1 Å². The minimum Gasteiger partial charge on any atom is -0.394 e. The van der Waals surface area contributed by atoms with Crippen LogP contribution in [0.2, 0.25) is 0 Å². The van der Waals surface area contributed by atoms with Gasteiger partial charge >= 0.3 is 0 Å². The van der Waals surface area contributed by atoms with E-state index in [2.05, 4.69) is 51.9 Å². The van der Waals surface area contributed by atoms with Crippen molar-refractivity contribution in [1.82, 2.24) is 10.2 Å². The molecule has 0 aromatic rings. The normalized spacial score (nSPS) is 22.0. The third-order valence-electron chi connectivity index (χ3n) is 4.62. The third kappa shape index (κ3) is 3.69. The number of hydrogen-bond donors (Lipinski definition) is 2. The molecule has 1 saturated carbocycles. The number of nitrogens with zero attached hydrogens (tertiary/aromatic N) is 1. The van der Waals surface area contributed by atoms with Gasteiger partial charge in [-0.25, -0.2) is 0 Å². The van der Waals surface area contributed by atoms with E-state index in [0.29, 0.717) is 12.0 Å². The number of nitrogens with one attached hydrogen (secondary N) is 1. The van der Waals surface area contributed by atoms with E-state index >= 15 is 0 Å². The SMILES string of the molecule is CCNC(CO)(CN(C)C(C)C(C)(C)C)C1CC1. The van der Waals surface area contributed by atoms with Gasteiger partial charge in [-0.15, -0.1) is 0 Å². The van der Waals surface area contributed by atoms with E-state index in [1.54, 1.807) is 0 Å². The minimum atomic E-state index is -0.0942. The molecule has 0 radical (unpaired) electrons. The van der Waals surface area contributed by atoms with Gasteiger partial charge in [-0.05, 0) is 44.7 Å². The van der Waals surface area contributed by atoms with E-state index in [4.69, 9.17) is 0 Å². The van der Waals surface area contributed by atoms with Crippen LogP contribution in [0.15, 0.2) is 0 Å². The van der Waals surface area contributed by atoms with Crippen molar-refractivity contribution in [3.05, 3.63) is 0 Å². The first-order valence-corrected chi connectivity index (χ1v) is 7.33. The monoisotopic (exact) mass is 256 g/mol. The fraction of sp³-hybridized carbons (Fsp3) is 1.00. The second-order valence-corrected chi connectivity index (χ2v) is 7.08. The van der Waals surface area contributed by atoms with Crippen molar-refractivity contribution < 1.29 is 5.11 Å². The van der Waals surface area contributed by atoms with Gasteiger partial charge in [0, 0.05) is 12.6 Å². The average Bonchev–Trinajstić information content (AvgIpc) is 3.10. The van der Waals surface area contributed by atoms with Gasteiger partial charge in [-0.2, -0.15) is 0 Å². The van der Waals surface area contributed by atoms with Gasteiger partial charge in [0.1, 0.15) is 0 Å². The summed E-state index contributed by atoms with van der Waals surface area (Å²) in [4.78, 5) is 2.40. The summed E-state index contributed by atoms with van der Waals surface area (Å²) in [6, 6.07) is 0.501. The zero-order valence-corrected chi connectivity index (χ0v) is 13.1. The van der Waals surface area contributed by atoms with Gasteiger partial charge in [0.15, 0.2) is 0 Å². The first-order valence-electron chi connectivity index (χ1n) is 7.33. The standard InChI is InChI=1S/C15H32N2O/c1-7-16-15(11-18,13-8-9-13)10-17(6)12(2)14(3,4)5/h12-13,16,18H,7-11H2,1-6H3. The van der Waals surface area contributed by atoms with Crippen LogP contribution in [0, 0.1) is 11.3 Å². The summed E-state index contributed by atoms with van der Waals surface area (Å²) in [6.45, 7) is 13.3. The summed E-state index contributed by atoms with van der Waals surface area (Å²) in [7, 11) is 2.18. The van der Waals surface area contributed by atoms with E-state index in [1.807, 2.05) is 0 Å². The zero-order chi connectivity index (χ0) is 14.0. The van der Waals surface area contributed by atoms with Gasteiger partial charge in [0.2, 0.25) is 0 Å². The Bertz CT molecular complexity index is 258. The Balaban J connectivity index is 2.71. The molecule has 0 amide bonds. The Morgan fingerprint density at radius 1 is 1.33 bits per heavy atom. The first-order chi connectivity index (χ1) is 8.27. The predicted molar refractivity (Wildman–Crippen MR) is 77.8 cm³/mol. The van der Waals surface area contributed by atoms with Crippen LogP contribution < -0.4 is 5.32 Å². The fourth-order valence-corrected chi connectivity index (χ4v) is 2.80. The van der Waals surface area contributed by atoms with Crippen LogP contribution in [-0.4, -0.2) is 48.3 Å². The van der Waals surface area contributed by atoms with Crippen molar-refractivity contribution in [2.24, 2.45) is 11.3 Å². The van der Waals surface area contributed by atoms with Gasteiger partial charge in [-0.1, -0.05) is 27.7 Å². The van der Waals surface area contributed by atoms with Crippen molar-refractivity contribution in [3.8, 4) is 0 Å². The molecule has 2 unspecified atom stereocenters. The van der Waals surface area contributed by atoms with Crippen LogP contribution in [0.3, 0.4) is 0 Å². The lowest BCUT2D eigenvalue weighted by atomic mass is 9.85. The molecule has 2 atom stereocenters. The van der Waals surface area contributed by atoms with Gasteiger partial charge in [0.05, 0.1) is 12.1 Å². The molecule has 0 aromatic heterocycles. The molecule has 0 aliphatic heterocycles. The minimum absolute atomic E-state index is 0.0942. The lowest BCUT2D eigenvalue weighted by Gasteiger charge is -2.42. The smallest absolute Gasteiger partial charge is 0.0628 e. The van der Waals surface area contributed by atoms with Crippen molar-refractivity contribution >= 4 is 0 Å². The topological polar surface area (TPSA) is 35.5 Å². The second-order valence-electron chi connectivity index (χ2n) is 7.08. The van der Waals surface area contributed by atoms with Crippen molar-refractivity contribution in [2.45, 2.75) is 59.0 Å². The molecule has 0 spiro atoms. The molecule has 18 heavy (non-hydrogen) atoms. The fourth-order valence-electron chi connectivity index (χ4n) is 2.80. The molecule has 1 rings (SSSR count). The molecule has 0 saturated heterocycles. The number of aliphatic hydroxyl groups is 1. The van der Waals surface area contributed by atoms with Crippen molar-refractivity contribution in [2.75, 3.05) is 26.7 Å². The zero-order valence-electron chi connectivity index (χ0n) is 13.1. The van der Waals surface area contributed by atoms with Gasteiger partial charge in [0.25, 0.3) is 0 Å². The average molecular weight is 256 g/mol. The summed E-state index contributed by atoms with van der Waals surface area (Å²) in [5.41, 5.74) is 0.175. The van der Waals surface area contributed by atoms with E-state index in [1.165, 1.54) is 12.8 Å². The molecule has 2 N–H and O–H groups in total. The predicted octanol–water partition coefficient (Wildman–Crippen LogP) is 2.10. The second kappa shape index (κ2) is 5.89. The Labute approximate surface area is 113 Å². The van der Waals surface area contributed by atoms with E-state index < -0.39 is 0 Å². The Hall–Kier alpha value is -0.120. The van der Waals surface area contributed by atoms with Crippen LogP contribution >= 0.6 is 0 Å². The highest BCUT2D eigenvalue weighted by Crippen LogP contribution is 2.40. The number of aliphatic hydroxyl groups excluding tert-OH is 1. The molecule has 1 aliphatic carbocycles. The third-order valence-corrected chi connectivity index (χ3v) is 4.62. The Kier molecular flexibility index (Phi) is 5.22. The summed E-state index contributed by atoms with van der Waals surface area (Å²) in [5.74, 6) is 0.650. The summed E-state index contributed by atoms with van der Waals surface area (Å²) < 4.78 is 0. The molecule has 3 nitrogen and oxygen atoms in total. The highest BCUT2D eigenvalue weighted by molar-refractivity contribution is 5.03. The van der Waals surface area contributed by atoms with Crippen LogP contribution in [0.4, 0.5) is 0 Å². The molecular weight excluding hydrogens is 224 g/mol. The van der Waals surface area contributed by atoms with Crippen LogP contribution in [-0.2, 0) is 0 Å². The summed E-state index contributed by atoms with van der Waals surface area (Å²) >= 11 is 0. The number of hydrogen-bond acceptors (Lipinski definition) is 3. The van der Waals surface area contributed by atoms with Crippen LogP contribution in [0.1, 0.15) is 47.5 Å². The Morgan fingerprint density at radius 3 is 2.22 bits per heavy atom. The highest BCUT2D eigenvalue weighted by atomic mass is 16.3. The number of likely N-dealkylation sites (N-methyl/N-ethyl adjacent to an activating group) is 2. The quantitative estimate of drug-likeness (QED) is 0.732. The molecule has 0 bridgehead atoms.